The van der Waals surface area contributed by atoms with Crippen molar-refractivity contribution in [2.75, 3.05) is 0 Å². The lowest BCUT2D eigenvalue weighted by atomic mass is 10.1. The largest absolute Gasteiger partial charge is 0.289 e. The van der Waals surface area contributed by atoms with Gasteiger partial charge in [0.25, 0.3) is 5.69 Å². The van der Waals surface area contributed by atoms with Crippen molar-refractivity contribution in [1.29, 1.82) is 0 Å². The van der Waals surface area contributed by atoms with Crippen molar-refractivity contribution in [3.05, 3.63) is 81.4 Å². The number of rotatable bonds is 4. The number of ketones is 1. The van der Waals surface area contributed by atoms with Crippen molar-refractivity contribution < 1.29 is 18.5 Å². The number of nitro groups is 1. The van der Waals surface area contributed by atoms with Gasteiger partial charge in [-0.15, -0.1) is 0 Å². The molecule has 2 rings (SSSR count). The number of carbonyl (C=O) groups is 1. The smallest absolute Gasteiger partial charge is 0.276 e. The third-order valence-corrected chi connectivity index (χ3v) is 2.75. The number of benzene rings is 2. The summed E-state index contributed by atoms with van der Waals surface area (Å²) in [6.45, 7) is 0. The summed E-state index contributed by atoms with van der Waals surface area (Å²) >= 11 is 0. The van der Waals surface area contributed by atoms with Gasteiger partial charge in [-0.25, -0.2) is 8.78 Å². The van der Waals surface area contributed by atoms with Gasteiger partial charge in [0.2, 0.25) is 0 Å². The van der Waals surface area contributed by atoms with Crippen LogP contribution in [0, 0.1) is 21.7 Å². The molecule has 0 fully saturated rings. The minimum absolute atomic E-state index is 0.0382. The number of carbonyl (C=O) groups excluding carboxylic acids is 1. The Hall–Kier alpha value is -2.89. The summed E-state index contributed by atoms with van der Waals surface area (Å²) < 4.78 is 25.8. The summed E-state index contributed by atoms with van der Waals surface area (Å²) in [4.78, 5) is 22.1. The minimum atomic E-state index is -1.13. The van der Waals surface area contributed by atoms with Crippen molar-refractivity contribution in [2.24, 2.45) is 0 Å². The maximum atomic E-state index is 13.0. The van der Waals surface area contributed by atoms with Crippen molar-refractivity contribution in [1.82, 2.24) is 0 Å². The Kier molecular flexibility index (Phi) is 4.18. The Morgan fingerprint density at radius 3 is 2.48 bits per heavy atom. The van der Waals surface area contributed by atoms with Crippen LogP contribution in [0.3, 0.4) is 0 Å². The lowest BCUT2D eigenvalue weighted by molar-refractivity contribution is -0.385. The van der Waals surface area contributed by atoms with Crippen LogP contribution in [0.4, 0.5) is 14.5 Å². The first-order valence-corrected chi connectivity index (χ1v) is 5.90. The van der Waals surface area contributed by atoms with Crippen LogP contribution in [0.5, 0.6) is 0 Å². The lowest BCUT2D eigenvalue weighted by Gasteiger charge is -1.98. The molecule has 2 aromatic carbocycles. The van der Waals surface area contributed by atoms with E-state index in [0.717, 1.165) is 24.3 Å². The number of hydrogen-bond donors (Lipinski definition) is 0. The Balaban J connectivity index is 2.27. The van der Waals surface area contributed by atoms with Crippen LogP contribution < -0.4 is 0 Å². The van der Waals surface area contributed by atoms with Crippen LogP contribution in [0.25, 0.3) is 6.08 Å². The van der Waals surface area contributed by atoms with E-state index < -0.39 is 22.3 Å². The molecular weight excluding hydrogens is 280 g/mol. The molecule has 0 spiro atoms. The highest BCUT2D eigenvalue weighted by Gasteiger charge is 2.11. The van der Waals surface area contributed by atoms with Crippen LogP contribution in [0.1, 0.15) is 15.9 Å². The molecule has 0 aromatic heterocycles. The molecule has 0 aliphatic carbocycles. The molecule has 0 N–H and O–H groups in total. The van der Waals surface area contributed by atoms with E-state index in [1.807, 2.05) is 0 Å². The maximum Gasteiger partial charge on any atom is 0.276 e. The van der Waals surface area contributed by atoms with E-state index in [2.05, 4.69) is 0 Å². The first-order valence-electron chi connectivity index (χ1n) is 5.90. The number of nitrogens with zero attached hydrogens (tertiary/aromatic N) is 1. The average Bonchev–Trinajstić information content (AvgIpc) is 2.47. The zero-order chi connectivity index (χ0) is 15.4. The molecule has 6 heteroatoms. The van der Waals surface area contributed by atoms with Gasteiger partial charge in [-0.3, -0.25) is 14.9 Å². The molecule has 0 saturated heterocycles. The first kappa shape index (κ1) is 14.5. The fraction of sp³-hybridized carbons (Fsp3) is 0. The van der Waals surface area contributed by atoms with E-state index in [9.17, 15) is 23.7 Å². The second-order valence-electron chi connectivity index (χ2n) is 4.14. The highest BCUT2D eigenvalue weighted by atomic mass is 19.2. The van der Waals surface area contributed by atoms with Crippen molar-refractivity contribution in [2.45, 2.75) is 0 Å². The molecule has 21 heavy (non-hydrogen) atoms. The number of para-hydroxylation sites is 1. The summed E-state index contributed by atoms with van der Waals surface area (Å²) in [5.74, 6) is -2.75. The normalized spacial score (nSPS) is 10.8. The zero-order valence-corrected chi connectivity index (χ0v) is 10.6. The fourth-order valence-corrected chi connectivity index (χ4v) is 1.71. The quantitative estimate of drug-likeness (QED) is 0.372. The predicted molar refractivity (Wildman–Crippen MR) is 72.8 cm³/mol. The van der Waals surface area contributed by atoms with E-state index in [1.54, 1.807) is 6.07 Å². The van der Waals surface area contributed by atoms with Crippen LogP contribution in [-0.2, 0) is 0 Å². The van der Waals surface area contributed by atoms with Crippen LogP contribution in [0.2, 0.25) is 0 Å². The molecule has 0 bridgehead atoms. The van der Waals surface area contributed by atoms with Gasteiger partial charge in [0.1, 0.15) is 0 Å². The molecule has 0 unspecified atom stereocenters. The molecule has 106 valence electrons. The first-order chi connectivity index (χ1) is 9.99. The number of nitro benzene ring substituents is 1. The molecule has 0 heterocycles. The summed E-state index contributed by atoms with van der Waals surface area (Å²) in [5.41, 5.74) is 0.0639. The molecule has 0 saturated carbocycles. The Morgan fingerprint density at radius 1 is 1.10 bits per heavy atom. The van der Waals surface area contributed by atoms with E-state index in [4.69, 9.17) is 0 Å². The van der Waals surface area contributed by atoms with Crippen molar-refractivity contribution in [3.8, 4) is 0 Å². The average molecular weight is 289 g/mol. The van der Waals surface area contributed by atoms with Gasteiger partial charge in [0.05, 0.1) is 10.5 Å². The van der Waals surface area contributed by atoms with Gasteiger partial charge in [-0.1, -0.05) is 12.1 Å². The molecule has 0 aliphatic heterocycles. The Bertz CT molecular complexity index is 741. The van der Waals surface area contributed by atoms with Crippen LogP contribution in [0.15, 0.2) is 48.5 Å². The highest BCUT2D eigenvalue weighted by molar-refractivity contribution is 6.07. The van der Waals surface area contributed by atoms with Crippen molar-refractivity contribution in [3.63, 3.8) is 0 Å². The third-order valence-electron chi connectivity index (χ3n) is 2.75. The molecule has 0 radical (unpaired) electrons. The van der Waals surface area contributed by atoms with Gasteiger partial charge >= 0.3 is 0 Å². The van der Waals surface area contributed by atoms with Crippen LogP contribution >= 0.6 is 0 Å². The molecule has 0 amide bonds. The topological polar surface area (TPSA) is 60.2 Å². The van der Waals surface area contributed by atoms with E-state index >= 15 is 0 Å². The Labute approximate surface area is 118 Å². The molecule has 0 aliphatic rings. The summed E-state index contributed by atoms with van der Waals surface area (Å²) in [6.07, 6.45) is 2.34. The number of hydrogen-bond acceptors (Lipinski definition) is 3. The number of allylic oxidation sites excluding steroid dienone is 1. The minimum Gasteiger partial charge on any atom is -0.289 e. The van der Waals surface area contributed by atoms with E-state index in [1.165, 1.54) is 24.3 Å². The summed E-state index contributed by atoms with van der Waals surface area (Å²) in [7, 11) is 0. The standard InChI is InChI=1S/C15H9F2NO3/c16-12-7-5-11(9-13(12)17)15(19)8-6-10-3-1-2-4-14(10)18(20)21/h1-9H/b8-6+. The predicted octanol–water partition coefficient (Wildman–Crippen LogP) is 3.77. The summed E-state index contributed by atoms with van der Waals surface area (Å²) in [5, 5.41) is 10.8. The van der Waals surface area contributed by atoms with Crippen LogP contribution in [-0.4, -0.2) is 10.7 Å². The third kappa shape index (κ3) is 3.36. The van der Waals surface area contributed by atoms with Gasteiger partial charge < -0.3 is 0 Å². The molecular formula is C15H9F2NO3. The highest BCUT2D eigenvalue weighted by Crippen LogP contribution is 2.19. The van der Waals surface area contributed by atoms with Gasteiger partial charge in [0, 0.05) is 11.6 Å². The summed E-state index contributed by atoms with van der Waals surface area (Å²) in [6, 6.07) is 8.66. The maximum absolute atomic E-state index is 13.0. The molecule has 0 atom stereocenters. The lowest BCUT2D eigenvalue weighted by Crippen LogP contribution is -1.97. The van der Waals surface area contributed by atoms with E-state index in [-0.39, 0.29) is 16.8 Å². The molecule has 2 aromatic rings. The SMILES string of the molecule is O=C(/C=C/c1ccccc1[N+](=O)[O-])c1ccc(F)c(F)c1. The second kappa shape index (κ2) is 6.04. The molecule has 4 nitrogen and oxygen atoms in total. The van der Waals surface area contributed by atoms with Gasteiger partial charge in [-0.05, 0) is 36.4 Å². The number of halogens is 2. The van der Waals surface area contributed by atoms with Gasteiger partial charge in [-0.2, -0.15) is 0 Å². The van der Waals surface area contributed by atoms with E-state index in [0.29, 0.717) is 0 Å². The monoisotopic (exact) mass is 289 g/mol. The fourth-order valence-electron chi connectivity index (χ4n) is 1.71. The second-order valence-corrected chi connectivity index (χ2v) is 4.14. The van der Waals surface area contributed by atoms with Crippen molar-refractivity contribution >= 4 is 17.5 Å². The zero-order valence-electron chi connectivity index (χ0n) is 10.6. The Morgan fingerprint density at radius 2 is 1.81 bits per heavy atom. The van der Waals surface area contributed by atoms with Gasteiger partial charge in [0.15, 0.2) is 17.4 Å².